The summed E-state index contributed by atoms with van der Waals surface area (Å²) in [6.07, 6.45) is -0.824. The molecule has 0 unspecified atom stereocenters. The first kappa shape index (κ1) is 11.1. The molecule has 1 aromatic heterocycles. The molecule has 1 N–H and O–H groups in total. The van der Waals surface area contributed by atoms with E-state index in [0.717, 1.165) is 0 Å². The Morgan fingerprint density at radius 2 is 2.12 bits per heavy atom. The summed E-state index contributed by atoms with van der Waals surface area (Å²) in [6.45, 7) is -0.560. The van der Waals surface area contributed by atoms with Gasteiger partial charge in [-0.05, 0) is 0 Å². The molecule has 1 atom stereocenters. The topological polar surface area (TPSA) is 34.1 Å². The normalized spacial score (nSPS) is 23.4. The van der Waals surface area contributed by atoms with Crippen LogP contribution in [-0.4, -0.2) is 30.1 Å². The number of pyridine rings is 1. The van der Waals surface area contributed by atoms with Crippen LogP contribution in [0.2, 0.25) is 0 Å². The maximum Gasteiger partial charge on any atom is 0.297 e. The van der Waals surface area contributed by atoms with Crippen LogP contribution in [0.1, 0.15) is 0 Å². The van der Waals surface area contributed by atoms with Crippen molar-refractivity contribution in [3.05, 3.63) is 23.9 Å². The second-order valence-electron chi connectivity index (χ2n) is 3.44. The van der Waals surface area contributed by atoms with Gasteiger partial charge in [0.25, 0.3) is 5.92 Å². The molecular formula is C9H8F4N2O. The number of nitrogens with one attached hydrogen (secondary N) is 1. The van der Waals surface area contributed by atoms with E-state index in [1.165, 1.54) is 0 Å². The first-order valence-electron chi connectivity index (χ1n) is 4.55. The number of hydrogen-bond donors (Lipinski definition) is 1. The van der Waals surface area contributed by atoms with Crippen LogP contribution < -0.4 is 10.1 Å². The summed E-state index contributed by atoms with van der Waals surface area (Å²) < 4.78 is 56.2. The Morgan fingerprint density at radius 3 is 2.69 bits per heavy atom. The smallest absolute Gasteiger partial charge is 0.297 e. The first-order chi connectivity index (χ1) is 7.49. The molecule has 0 spiro atoms. The summed E-state index contributed by atoms with van der Waals surface area (Å²) >= 11 is 0. The van der Waals surface area contributed by atoms with Crippen LogP contribution in [0.25, 0.3) is 0 Å². The van der Waals surface area contributed by atoms with Gasteiger partial charge in [-0.25, -0.2) is 22.5 Å². The van der Waals surface area contributed by atoms with Gasteiger partial charge in [-0.15, -0.1) is 0 Å². The Hall–Kier alpha value is -1.37. The van der Waals surface area contributed by atoms with Gasteiger partial charge in [0.15, 0.2) is 17.7 Å². The molecule has 88 valence electrons. The molecule has 2 rings (SSSR count). The Bertz CT molecular complexity index is 399. The molecule has 16 heavy (non-hydrogen) atoms. The van der Waals surface area contributed by atoms with Gasteiger partial charge in [0.05, 0.1) is 12.7 Å². The van der Waals surface area contributed by atoms with Crippen LogP contribution in [0.15, 0.2) is 12.3 Å². The second-order valence-corrected chi connectivity index (χ2v) is 3.44. The zero-order valence-corrected chi connectivity index (χ0v) is 8.01. The molecule has 1 aliphatic rings. The molecule has 3 nitrogen and oxygen atoms in total. The van der Waals surface area contributed by atoms with Crippen LogP contribution in [0, 0.1) is 11.6 Å². The number of aromatic nitrogens is 1. The van der Waals surface area contributed by atoms with E-state index in [1.54, 1.807) is 0 Å². The van der Waals surface area contributed by atoms with E-state index in [4.69, 9.17) is 4.74 Å². The third kappa shape index (κ3) is 2.08. The van der Waals surface area contributed by atoms with Gasteiger partial charge < -0.3 is 10.1 Å². The lowest BCUT2D eigenvalue weighted by Gasteiger charge is -2.18. The van der Waals surface area contributed by atoms with Crippen molar-refractivity contribution in [1.29, 1.82) is 0 Å². The SMILES string of the molecule is Fc1cnc(O[C@H]2CNCC2(F)F)cc1F. The van der Waals surface area contributed by atoms with E-state index >= 15 is 0 Å². The molecule has 0 saturated carbocycles. The van der Waals surface area contributed by atoms with Gasteiger partial charge >= 0.3 is 0 Å². The lowest BCUT2D eigenvalue weighted by molar-refractivity contribution is -0.0614. The maximum atomic E-state index is 13.1. The fraction of sp³-hybridized carbons (Fsp3) is 0.444. The predicted octanol–water partition coefficient (Wildman–Crippen LogP) is 1.35. The lowest BCUT2D eigenvalue weighted by Crippen LogP contribution is -2.36. The molecule has 0 aliphatic carbocycles. The molecule has 1 aromatic rings. The second kappa shape index (κ2) is 3.89. The monoisotopic (exact) mass is 236 g/mol. The number of alkyl halides is 2. The minimum Gasteiger partial charge on any atom is -0.466 e. The molecule has 2 heterocycles. The van der Waals surface area contributed by atoms with Crippen LogP contribution in [0.4, 0.5) is 17.6 Å². The van der Waals surface area contributed by atoms with Gasteiger partial charge in [-0.1, -0.05) is 0 Å². The fourth-order valence-corrected chi connectivity index (χ4v) is 1.37. The predicted molar refractivity (Wildman–Crippen MR) is 46.4 cm³/mol. The number of rotatable bonds is 2. The zero-order chi connectivity index (χ0) is 11.8. The summed E-state index contributed by atoms with van der Waals surface area (Å²) in [5.74, 6) is -5.72. The summed E-state index contributed by atoms with van der Waals surface area (Å²) in [7, 11) is 0. The van der Waals surface area contributed by atoms with E-state index in [1.807, 2.05) is 0 Å². The van der Waals surface area contributed by atoms with Gasteiger partial charge in [0, 0.05) is 12.6 Å². The third-order valence-corrected chi connectivity index (χ3v) is 2.21. The number of hydrogen-bond acceptors (Lipinski definition) is 3. The highest BCUT2D eigenvalue weighted by atomic mass is 19.3. The first-order valence-corrected chi connectivity index (χ1v) is 4.55. The largest absolute Gasteiger partial charge is 0.466 e. The highest BCUT2D eigenvalue weighted by Crippen LogP contribution is 2.26. The Kier molecular flexibility index (Phi) is 2.71. The molecule has 0 amide bonds. The minimum atomic E-state index is -3.04. The summed E-state index contributed by atoms with van der Waals surface area (Å²) in [5.41, 5.74) is 0. The van der Waals surface area contributed by atoms with Crippen LogP contribution in [0.3, 0.4) is 0 Å². The molecular weight excluding hydrogens is 228 g/mol. The standard InChI is InChI=1S/C9H8F4N2O/c10-5-1-8(15-2-6(5)11)16-7-3-14-4-9(7,12)13/h1-2,7,14H,3-4H2/t7-/m0/s1. The van der Waals surface area contributed by atoms with Gasteiger partial charge in [0.2, 0.25) is 5.88 Å². The number of nitrogens with zero attached hydrogens (tertiary/aromatic N) is 1. The van der Waals surface area contributed by atoms with Gasteiger partial charge in [-0.3, -0.25) is 0 Å². The summed E-state index contributed by atoms with van der Waals surface area (Å²) in [5, 5.41) is 2.44. The Balaban J connectivity index is 2.12. The quantitative estimate of drug-likeness (QED) is 0.787. The van der Waals surface area contributed by atoms with Gasteiger partial charge in [0.1, 0.15) is 0 Å². The molecule has 1 aliphatic heterocycles. The van der Waals surface area contributed by atoms with Crippen molar-refractivity contribution in [3.63, 3.8) is 0 Å². The Morgan fingerprint density at radius 1 is 1.38 bits per heavy atom. The maximum absolute atomic E-state index is 13.1. The van der Waals surface area contributed by atoms with E-state index in [2.05, 4.69) is 10.3 Å². The molecule has 0 bridgehead atoms. The molecule has 1 saturated heterocycles. The summed E-state index contributed by atoms with van der Waals surface area (Å²) in [6, 6.07) is 0.643. The van der Waals surface area contributed by atoms with Crippen LogP contribution in [-0.2, 0) is 0 Å². The molecule has 0 radical (unpaired) electrons. The van der Waals surface area contributed by atoms with E-state index in [9.17, 15) is 17.6 Å². The van der Waals surface area contributed by atoms with Crippen molar-refractivity contribution < 1.29 is 22.3 Å². The van der Waals surface area contributed by atoms with E-state index in [0.29, 0.717) is 12.3 Å². The molecule has 1 fully saturated rings. The summed E-state index contributed by atoms with van der Waals surface area (Å²) in [4.78, 5) is 3.37. The van der Waals surface area contributed by atoms with Crippen molar-refractivity contribution in [2.45, 2.75) is 12.0 Å². The average Bonchev–Trinajstić information content (AvgIpc) is 2.52. The van der Waals surface area contributed by atoms with Crippen molar-refractivity contribution >= 4 is 0 Å². The molecule has 7 heteroatoms. The highest BCUT2D eigenvalue weighted by molar-refractivity contribution is 5.14. The minimum absolute atomic E-state index is 0.0618. The third-order valence-electron chi connectivity index (χ3n) is 2.21. The van der Waals surface area contributed by atoms with Crippen molar-refractivity contribution in [2.75, 3.05) is 13.1 Å². The van der Waals surface area contributed by atoms with E-state index < -0.39 is 30.2 Å². The highest BCUT2D eigenvalue weighted by Gasteiger charge is 2.46. The van der Waals surface area contributed by atoms with Gasteiger partial charge in [-0.2, -0.15) is 0 Å². The van der Waals surface area contributed by atoms with Crippen LogP contribution >= 0.6 is 0 Å². The van der Waals surface area contributed by atoms with Crippen molar-refractivity contribution in [1.82, 2.24) is 10.3 Å². The Labute approximate surface area is 88.4 Å². The number of ether oxygens (including phenoxy) is 1. The number of halogens is 4. The average molecular weight is 236 g/mol. The van der Waals surface area contributed by atoms with E-state index in [-0.39, 0.29) is 12.4 Å². The molecule has 0 aromatic carbocycles. The van der Waals surface area contributed by atoms with Crippen molar-refractivity contribution in [2.24, 2.45) is 0 Å². The fourth-order valence-electron chi connectivity index (χ4n) is 1.37. The zero-order valence-electron chi connectivity index (χ0n) is 8.01. The lowest BCUT2D eigenvalue weighted by atomic mass is 10.2. The van der Waals surface area contributed by atoms with Crippen molar-refractivity contribution in [3.8, 4) is 5.88 Å². The van der Waals surface area contributed by atoms with Crippen LogP contribution in [0.5, 0.6) is 5.88 Å².